The lowest BCUT2D eigenvalue weighted by atomic mass is 10.0. The first-order chi connectivity index (χ1) is 19.6. The molecule has 1 N–H and O–H groups in total. The Morgan fingerprint density at radius 1 is 0.927 bits per heavy atom. The summed E-state index contributed by atoms with van der Waals surface area (Å²) in [5.74, 6) is -0.716. The van der Waals surface area contributed by atoms with Crippen LogP contribution in [-0.4, -0.2) is 50.0 Å². The first-order valence-corrected chi connectivity index (χ1v) is 16.3. The third kappa shape index (κ3) is 8.57. The Morgan fingerprint density at radius 3 is 2.20 bits per heavy atom. The van der Waals surface area contributed by atoms with E-state index in [-0.39, 0.29) is 24.9 Å². The highest BCUT2D eigenvalue weighted by Gasteiger charge is 2.34. The normalized spacial score (nSPS) is 14.4. The van der Waals surface area contributed by atoms with Crippen LogP contribution in [0.1, 0.15) is 49.3 Å². The van der Waals surface area contributed by atoms with E-state index in [2.05, 4.69) is 5.32 Å². The van der Waals surface area contributed by atoms with E-state index in [0.29, 0.717) is 10.7 Å². The number of nitrogens with zero attached hydrogens (tertiary/aromatic N) is 2. The lowest BCUT2D eigenvalue weighted by Crippen LogP contribution is -2.54. The van der Waals surface area contributed by atoms with Gasteiger partial charge in [-0.1, -0.05) is 86.0 Å². The topological polar surface area (TPSA) is 86.8 Å². The number of anilines is 1. The number of hydrogen-bond acceptors (Lipinski definition) is 4. The minimum Gasteiger partial charge on any atom is -0.352 e. The zero-order valence-electron chi connectivity index (χ0n) is 23.6. The fourth-order valence-corrected chi connectivity index (χ4v) is 6.33. The van der Waals surface area contributed by atoms with E-state index >= 15 is 0 Å². The summed E-state index contributed by atoms with van der Waals surface area (Å²) in [5, 5.41) is 3.68. The van der Waals surface area contributed by atoms with E-state index in [0.717, 1.165) is 59.4 Å². The summed E-state index contributed by atoms with van der Waals surface area (Å²) >= 11 is 6.27. The molecule has 1 atom stereocenters. The molecule has 218 valence electrons. The van der Waals surface area contributed by atoms with Gasteiger partial charge in [0.05, 0.1) is 11.9 Å². The highest BCUT2D eigenvalue weighted by molar-refractivity contribution is 7.92. The van der Waals surface area contributed by atoms with Crippen molar-refractivity contribution < 1.29 is 18.0 Å². The van der Waals surface area contributed by atoms with Crippen molar-refractivity contribution in [3.05, 3.63) is 101 Å². The van der Waals surface area contributed by atoms with Crippen LogP contribution in [0.15, 0.2) is 78.9 Å². The Hall–Kier alpha value is -3.36. The average molecular weight is 596 g/mol. The van der Waals surface area contributed by atoms with Crippen molar-refractivity contribution in [3.63, 3.8) is 0 Å². The largest absolute Gasteiger partial charge is 0.352 e. The number of hydrogen-bond donors (Lipinski definition) is 1. The van der Waals surface area contributed by atoms with Gasteiger partial charge in [-0.3, -0.25) is 13.9 Å². The molecule has 0 aliphatic heterocycles. The van der Waals surface area contributed by atoms with Crippen molar-refractivity contribution in [1.29, 1.82) is 0 Å². The standard InChI is InChI=1S/C32H38ClN3O4S/c1-3-24-16-18-29(19-17-24)36(41(2,39)40)23-31(37)35(22-26-12-9-13-27(33)20-26)30(21-25-10-5-4-6-11-25)32(38)34-28-14-7-8-15-28/h4-6,9-13,16-20,28,30H,3,7-8,14-15,21-23H2,1-2H3,(H,34,38)/t30-/m0/s1. The Bertz CT molecular complexity index is 1420. The van der Waals surface area contributed by atoms with Crippen molar-refractivity contribution in [2.24, 2.45) is 0 Å². The highest BCUT2D eigenvalue weighted by Crippen LogP contribution is 2.23. The lowest BCUT2D eigenvalue weighted by molar-refractivity contribution is -0.140. The molecule has 0 spiro atoms. The molecule has 7 nitrogen and oxygen atoms in total. The second-order valence-corrected chi connectivity index (χ2v) is 13.0. The van der Waals surface area contributed by atoms with Crippen molar-refractivity contribution in [2.45, 2.75) is 64.1 Å². The summed E-state index contributed by atoms with van der Waals surface area (Å²) in [7, 11) is -3.80. The molecule has 2 amide bonds. The molecule has 3 aromatic rings. The number of aryl methyl sites for hydroxylation is 1. The molecule has 1 saturated carbocycles. The van der Waals surface area contributed by atoms with Crippen LogP contribution < -0.4 is 9.62 Å². The van der Waals surface area contributed by atoms with Gasteiger partial charge in [-0.05, 0) is 60.2 Å². The van der Waals surface area contributed by atoms with Crippen LogP contribution in [0.2, 0.25) is 5.02 Å². The van der Waals surface area contributed by atoms with E-state index in [9.17, 15) is 18.0 Å². The third-order valence-electron chi connectivity index (χ3n) is 7.53. The lowest BCUT2D eigenvalue weighted by Gasteiger charge is -2.34. The quantitative estimate of drug-likeness (QED) is 0.305. The van der Waals surface area contributed by atoms with Crippen LogP contribution in [0.5, 0.6) is 0 Å². The second kappa shape index (κ2) is 14.0. The van der Waals surface area contributed by atoms with Gasteiger partial charge >= 0.3 is 0 Å². The molecule has 0 radical (unpaired) electrons. The molecule has 0 aromatic heterocycles. The van der Waals surface area contributed by atoms with E-state index in [1.165, 1.54) is 4.90 Å². The molecule has 3 aromatic carbocycles. The van der Waals surface area contributed by atoms with Gasteiger partial charge in [0.25, 0.3) is 0 Å². The Labute approximate surface area is 248 Å². The Kier molecular flexibility index (Phi) is 10.5. The zero-order valence-corrected chi connectivity index (χ0v) is 25.2. The molecule has 1 fully saturated rings. The fraction of sp³-hybridized carbons (Fsp3) is 0.375. The summed E-state index contributed by atoms with van der Waals surface area (Å²) in [6.07, 6.45) is 6.10. The zero-order chi connectivity index (χ0) is 29.4. The second-order valence-electron chi connectivity index (χ2n) is 10.6. The van der Waals surface area contributed by atoms with Crippen LogP contribution >= 0.6 is 11.6 Å². The predicted molar refractivity (Wildman–Crippen MR) is 164 cm³/mol. The number of carbonyl (C=O) groups is 2. The fourth-order valence-electron chi connectivity index (χ4n) is 5.27. The maximum absolute atomic E-state index is 14.2. The summed E-state index contributed by atoms with van der Waals surface area (Å²) in [6, 6.07) is 23.0. The van der Waals surface area contributed by atoms with Gasteiger partial charge in [0, 0.05) is 24.0 Å². The van der Waals surface area contributed by atoms with Gasteiger partial charge in [-0.2, -0.15) is 0 Å². The predicted octanol–water partition coefficient (Wildman–Crippen LogP) is 5.37. The monoisotopic (exact) mass is 595 g/mol. The smallest absolute Gasteiger partial charge is 0.244 e. The van der Waals surface area contributed by atoms with Crippen molar-refractivity contribution >= 4 is 39.1 Å². The van der Waals surface area contributed by atoms with Crippen molar-refractivity contribution in [3.8, 4) is 0 Å². The number of sulfonamides is 1. The van der Waals surface area contributed by atoms with E-state index in [1.54, 1.807) is 30.3 Å². The number of carbonyl (C=O) groups excluding carboxylic acids is 2. The number of nitrogens with one attached hydrogen (secondary N) is 1. The Morgan fingerprint density at radius 2 is 1.59 bits per heavy atom. The summed E-state index contributed by atoms with van der Waals surface area (Å²) in [6.45, 7) is 1.68. The number of halogens is 1. The highest BCUT2D eigenvalue weighted by atomic mass is 35.5. The van der Waals surface area contributed by atoms with E-state index in [1.807, 2.05) is 55.5 Å². The van der Waals surface area contributed by atoms with Gasteiger partial charge in [0.2, 0.25) is 21.8 Å². The maximum Gasteiger partial charge on any atom is 0.244 e. The van der Waals surface area contributed by atoms with Crippen molar-refractivity contribution in [1.82, 2.24) is 10.2 Å². The minimum atomic E-state index is -3.80. The molecule has 41 heavy (non-hydrogen) atoms. The molecule has 4 rings (SSSR count). The molecule has 0 unspecified atom stereocenters. The van der Waals surface area contributed by atoms with E-state index < -0.39 is 28.5 Å². The van der Waals surface area contributed by atoms with Crippen LogP contribution in [0.4, 0.5) is 5.69 Å². The third-order valence-corrected chi connectivity index (χ3v) is 8.90. The molecule has 0 saturated heterocycles. The number of rotatable bonds is 12. The van der Waals surface area contributed by atoms with Gasteiger partial charge in [-0.25, -0.2) is 8.42 Å². The molecule has 0 heterocycles. The summed E-state index contributed by atoms with van der Waals surface area (Å²) < 4.78 is 27.0. The van der Waals surface area contributed by atoms with E-state index in [4.69, 9.17) is 11.6 Å². The average Bonchev–Trinajstić information content (AvgIpc) is 3.46. The summed E-state index contributed by atoms with van der Waals surface area (Å²) in [4.78, 5) is 29.5. The van der Waals surface area contributed by atoms with Gasteiger partial charge < -0.3 is 10.2 Å². The first kappa shape index (κ1) is 30.6. The molecular formula is C32H38ClN3O4S. The first-order valence-electron chi connectivity index (χ1n) is 14.1. The Balaban J connectivity index is 1.71. The van der Waals surface area contributed by atoms with Crippen LogP contribution in [0.3, 0.4) is 0 Å². The molecule has 1 aliphatic carbocycles. The van der Waals surface area contributed by atoms with Gasteiger partial charge in [-0.15, -0.1) is 0 Å². The SMILES string of the molecule is CCc1ccc(N(CC(=O)N(Cc2cccc(Cl)c2)[C@@H](Cc2ccccc2)C(=O)NC2CCCC2)S(C)(=O)=O)cc1. The number of benzene rings is 3. The summed E-state index contributed by atoms with van der Waals surface area (Å²) in [5.41, 5.74) is 3.10. The molecule has 9 heteroatoms. The van der Waals surface area contributed by atoms with Crippen LogP contribution in [0, 0.1) is 0 Å². The van der Waals surface area contributed by atoms with Gasteiger partial charge in [0.1, 0.15) is 12.6 Å². The van der Waals surface area contributed by atoms with Crippen LogP contribution in [-0.2, 0) is 39.0 Å². The maximum atomic E-state index is 14.2. The molecular weight excluding hydrogens is 558 g/mol. The van der Waals surface area contributed by atoms with Crippen molar-refractivity contribution in [2.75, 3.05) is 17.1 Å². The molecule has 1 aliphatic rings. The molecule has 0 bridgehead atoms. The van der Waals surface area contributed by atoms with Gasteiger partial charge in [0.15, 0.2) is 0 Å². The van der Waals surface area contributed by atoms with Crippen LogP contribution in [0.25, 0.3) is 0 Å². The minimum absolute atomic E-state index is 0.0634. The number of amides is 2.